The van der Waals surface area contributed by atoms with Crippen molar-refractivity contribution in [2.45, 2.75) is 32.7 Å². The summed E-state index contributed by atoms with van der Waals surface area (Å²) in [5.74, 6) is 2.24. The van der Waals surface area contributed by atoms with E-state index < -0.39 is 0 Å². The van der Waals surface area contributed by atoms with Gasteiger partial charge in [0.2, 0.25) is 5.91 Å². The molecule has 1 aromatic carbocycles. The fourth-order valence-corrected chi connectivity index (χ4v) is 3.00. The van der Waals surface area contributed by atoms with E-state index in [-0.39, 0.29) is 11.8 Å². The number of amides is 1. The van der Waals surface area contributed by atoms with Crippen LogP contribution in [-0.4, -0.2) is 48.1 Å². The minimum absolute atomic E-state index is 0.178. The molecule has 7 heteroatoms. The van der Waals surface area contributed by atoms with Crippen molar-refractivity contribution >= 4 is 22.9 Å². The highest BCUT2D eigenvalue weighted by atomic mass is 16.2. The van der Waals surface area contributed by atoms with Crippen LogP contribution >= 0.6 is 0 Å². The quantitative estimate of drug-likeness (QED) is 0.380. The van der Waals surface area contributed by atoms with Crippen molar-refractivity contribution < 1.29 is 4.79 Å². The number of carbonyl (C=O) groups excluding carboxylic acids is 1. The van der Waals surface area contributed by atoms with Crippen LogP contribution in [0.1, 0.15) is 25.1 Å². The first kappa shape index (κ1) is 18.2. The lowest BCUT2D eigenvalue weighted by atomic mass is 10.3. The van der Waals surface area contributed by atoms with Crippen LogP contribution in [0.25, 0.3) is 11.0 Å². The summed E-state index contributed by atoms with van der Waals surface area (Å²) in [4.78, 5) is 20.4. The summed E-state index contributed by atoms with van der Waals surface area (Å²) in [6, 6.07) is 8.22. The molecule has 0 saturated heterocycles. The van der Waals surface area contributed by atoms with Gasteiger partial charge in [0.15, 0.2) is 5.96 Å². The predicted molar refractivity (Wildman–Crippen MR) is 104 cm³/mol. The Balaban J connectivity index is 1.36. The number of hydrogen-bond acceptors (Lipinski definition) is 3. The highest BCUT2D eigenvalue weighted by molar-refractivity contribution is 5.81. The second-order valence-electron chi connectivity index (χ2n) is 6.64. The zero-order chi connectivity index (χ0) is 18.4. The van der Waals surface area contributed by atoms with E-state index in [0.717, 1.165) is 49.7 Å². The van der Waals surface area contributed by atoms with Gasteiger partial charge < -0.3 is 20.5 Å². The Bertz CT molecular complexity index is 777. The minimum Gasteiger partial charge on any atom is -0.356 e. The Labute approximate surface area is 154 Å². The average molecular weight is 356 g/mol. The van der Waals surface area contributed by atoms with Gasteiger partial charge in [0.1, 0.15) is 5.82 Å². The summed E-state index contributed by atoms with van der Waals surface area (Å²) in [6.07, 6.45) is 3.04. The smallest absolute Gasteiger partial charge is 0.223 e. The maximum Gasteiger partial charge on any atom is 0.223 e. The molecule has 26 heavy (non-hydrogen) atoms. The van der Waals surface area contributed by atoms with Crippen LogP contribution in [0.15, 0.2) is 29.3 Å². The van der Waals surface area contributed by atoms with Crippen molar-refractivity contribution in [3.63, 3.8) is 0 Å². The summed E-state index contributed by atoms with van der Waals surface area (Å²) >= 11 is 0. The van der Waals surface area contributed by atoms with Crippen molar-refractivity contribution in [2.24, 2.45) is 10.9 Å². The third-order valence-corrected chi connectivity index (χ3v) is 4.58. The first-order valence-corrected chi connectivity index (χ1v) is 9.33. The van der Waals surface area contributed by atoms with E-state index in [2.05, 4.69) is 36.6 Å². The summed E-state index contributed by atoms with van der Waals surface area (Å²) < 4.78 is 2.25. The fraction of sp³-hybridized carbons (Fsp3) is 0.526. The number of aromatic nitrogens is 2. The number of benzene rings is 1. The Morgan fingerprint density at radius 2 is 1.92 bits per heavy atom. The molecule has 0 bridgehead atoms. The lowest BCUT2D eigenvalue weighted by molar-refractivity contribution is -0.122. The van der Waals surface area contributed by atoms with Crippen molar-refractivity contribution in [3.05, 3.63) is 30.1 Å². The number of aliphatic imine (C=N–C) groups is 1. The van der Waals surface area contributed by atoms with Crippen molar-refractivity contribution in [1.82, 2.24) is 25.5 Å². The van der Waals surface area contributed by atoms with E-state index in [0.29, 0.717) is 13.1 Å². The number of hydrogen-bond donors (Lipinski definition) is 3. The standard InChI is InChI=1S/C19H28N6O/c1-14-24-16-6-3-4-7-17(16)25(14)13-5-10-22-19(20-2)23-12-11-21-18(26)15-8-9-15/h3-4,6-7,15H,5,8-13H2,1-2H3,(H,21,26)(H2,20,22,23). The fourth-order valence-electron chi connectivity index (χ4n) is 3.00. The molecular weight excluding hydrogens is 328 g/mol. The van der Waals surface area contributed by atoms with E-state index in [1.54, 1.807) is 7.05 Å². The number of rotatable bonds is 8. The summed E-state index contributed by atoms with van der Waals surface area (Å²) in [7, 11) is 1.76. The molecule has 1 heterocycles. The molecule has 0 radical (unpaired) electrons. The van der Waals surface area contributed by atoms with E-state index in [1.165, 1.54) is 5.52 Å². The molecule has 3 N–H and O–H groups in total. The summed E-state index contributed by atoms with van der Waals surface area (Å²) in [5.41, 5.74) is 2.22. The topological polar surface area (TPSA) is 83.3 Å². The maximum atomic E-state index is 11.6. The van der Waals surface area contributed by atoms with Crippen LogP contribution in [0, 0.1) is 12.8 Å². The number of imidazole rings is 1. The highest BCUT2D eigenvalue weighted by Gasteiger charge is 2.28. The van der Waals surface area contributed by atoms with Crippen molar-refractivity contribution in [3.8, 4) is 0 Å². The van der Waals surface area contributed by atoms with Crippen LogP contribution in [0.5, 0.6) is 0 Å². The molecule has 1 aromatic heterocycles. The van der Waals surface area contributed by atoms with Gasteiger partial charge in [0.05, 0.1) is 11.0 Å². The van der Waals surface area contributed by atoms with E-state index in [4.69, 9.17) is 0 Å². The molecule has 3 rings (SSSR count). The molecule has 7 nitrogen and oxygen atoms in total. The highest BCUT2D eigenvalue weighted by Crippen LogP contribution is 2.28. The Kier molecular flexibility index (Phi) is 6.09. The molecule has 0 unspecified atom stereocenters. The van der Waals surface area contributed by atoms with E-state index in [9.17, 15) is 4.79 Å². The van der Waals surface area contributed by atoms with E-state index in [1.807, 2.05) is 25.1 Å². The Morgan fingerprint density at radius 1 is 1.19 bits per heavy atom. The maximum absolute atomic E-state index is 11.6. The first-order chi connectivity index (χ1) is 12.7. The second-order valence-corrected chi connectivity index (χ2v) is 6.64. The van der Waals surface area contributed by atoms with Gasteiger partial charge in [-0.05, 0) is 38.3 Å². The van der Waals surface area contributed by atoms with Crippen LogP contribution < -0.4 is 16.0 Å². The largest absolute Gasteiger partial charge is 0.356 e. The van der Waals surface area contributed by atoms with Crippen LogP contribution in [-0.2, 0) is 11.3 Å². The number of aryl methyl sites for hydroxylation is 2. The van der Waals surface area contributed by atoms with Gasteiger partial charge in [0, 0.05) is 39.1 Å². The third-order valence-electron chi connectivity index (χ3n) is 4.58. The van der Waals surface area contributed by atoms with Gasteiger partial charge in [0.25, 0.3) is 0 Å². The Morgan fingerprint density at radius 3 is 2.69 bits per heavy atom. The van der Waals surface area contributed by atoms with Crippen molar-refractivity contribution in [2.75, 3.05) is 26.7 Å². The second kappa shape index (κ2) is 8.69. The van der Waals surface area contributed by atoms with Gasteiger partial charge in [-0.15, -0.1) is 0 Å². The molecule has 0 aliphatic heterocycles. The molecule has 2 aromatic rings. The zero-order valence-corrected chi connectivity index (χ0v) is 15.6. The van der Waals surface area contributed by atoms with Crippen molar-refractivity contribution in [1.29, 1.82) is 0 Å². The van der Waals surface area contributed by atoms with Crippen LogP contribution in [0.3, 0.4) is 0 Å². The van der Waals surface area contributed by atoms with Gasteiger partial charge in [-0.25, -0.2) is 4.98 Å². The van der Waals surface area contributed by atoms with Gasteiger partial charge in [-0.1, -0.05) is 12.1 Å². The number of para-hydroxylation sites is 2. The number of nitrogens with zero attached hydrogens (tertiary/aromatic N) is 3. The van der Waals surface area contributed by atoms with E-state index >= 15 is 0 Å². The normalized spacial score (nSPS) is 14.5. The Hall–Kier alpha value is -2.57. The van der Waals surface area contributed by atoms with Crippen LogP contribution in [0.2, 0.25) is 0 Å². The molecule has 1 fully saturated rings. The predicted octanol–water partition coefficient (Wildman–Crippen LogP) is 1.43. The first-order valence-electron chi connectivity index (χ1n) is 9.33. The van der Waals surface area contributed by atoms with Gasteiger partial charge in [-0.3, -0.25) is 9.79 Å². The number of carbonyl (C=O) groups is 1. The third kappa shape index (κ3) is 4.74. The lowest BCUT2D eigenvalue weighted by Crippen LogP contribution is -2.42. The molecule has 0 spiro atoms. The number of nitrogens with one attached hydrogen (secondary N) is 3. The lowest BCUT2D eigenvalue weighted by Gasteiger charge is -2.13. The minimum atomic E-state index is 0.178. The van der Waals surface area contributed by atoms with Gasteiger partial charge in [-0.2, -0.15) is 0 Å². The number of fused-ring (bicyclic) bond motifs is 1. The molecule has 0 atom stereocenters. The monoisotopic (exact) mass is 356 g/mol. The summed E-state index contributed by atoms with van der Waals surface area (Å²) in [6.45, 7) is 5.07. The zero-order valence-electron chi connectivity index (χ0n) is 15.6. The molecular formula is C19H28N6O. The van der Waals surface area contributed by atoms with Gasteiger partial charge >= 0.3 is 0 Å². The molecule has 140 valence electrons. The number of guanidine groups is 1. The molecule has 1 saturated carbocycles. The summed E-state index contributed by atoms with van der Waals surface area (Å²) in [5, 5.41) is 9.48. The SMILES string of the molecule is CN=C(NCCCn1c(C)nc2ccccc21)NCCNC(=O)C1CC1. The molecule has 1 amide bonds. The average Bonchev–Trinajstić information content (AvgIpc) is 3.44. The molecule has 1 aliphatic carbocycles. The van der Waals surface area contributed by atoms with Crippen LogP contribution in [0.4, 0.5) is 0 Å². The molecule has 1 aliphatic rings.